The fourth-order valence-corrected chi connectivity index (χ4v) is 3.93. The van der Waals surface area contributed by atoms with Crippen molar-refractivity contribution in [3.05, 3.63) is 53.6 Å². The molecule has 0 N–H and O–H groups in total. The Labute approximate surface area is 185 Å². The number of alkyl halides is 3. The van der Waals surface area contributed by atoms with Crippen LogP contribution in [0.1, 0.15) is 38.8 Å². The molecule has 1 saturated heterocycles. The van der Waals surface area contributed by atoms with Gasteiger partial charge in [0, 0.05) is 12.2 Å². The highest BCUT2D eigenvalue weighted by Crippen LogP contribution is 2.37. The van der Waals surface area contributed by atoms with Crippen molar-refractivity contribution in [3.63, 3.8) is 0 Å². The monoisotopic (exact) mass is 447 g/mol. The smallest absolute Gasteiger partial charge is 0.406 e. The first-order chi connectivity index (χ1) is 14.8. The minimum atomic E-state index is -4.77. The normalized spacial score (nSPS) is 19.2. The van der Waals surface area contributed by atoms with Crippen molar-refractivity contribution in [2.45, 2.75) is 58.1 Å². The van der Waals surface area contributed by atoms with Crippen molar-refractivity contribution in [2.75, 3.05) is 11.4 Å². The highest BCUT2D eigenvalue weighted by atomic mass is 19.4. The van der Waals surface area contributed by atoms with E-state index in [0.717, 1.165) is 16.7 Å². The fraction of sp³-hybridized carbons (Fsp3) is 0.435. The molecule has 2 aliphatic heterocycles. The number of fused-ring (bicyclic) bond motifs is 1. The molecule has 0 aliphatic carbocycles. The lowest BCUT2D eigenvalue weighted by molar-refractivity contribution is -0.274. The first-order valence-corrected chi connectivity index (χ1v) is 10.5. The summed E-state index contributed by atoms with van der Waals surface area (Å²) in [6, 6.07) is 11.3. The van der Waals surface area contributed by atoms with Crippen LogP contribution in [0.3, 0.4) is 0 Å². The summed E-state index contributed by atoms with van der Waals surface area (Å²) >= 11 is 0. The molecular weight excluding hydrogens is 422 g/mol. The van der Waals surface area contributed by atoms with Gasteiger partial charge in [-0.25, -0.2) is 0 Å². The molecule has 0 aromatic heterocycles. The topological polar surface area (TPSA) is 48.0 Å². The second-order valence-electron chi connectivity index (χ2n) is 9.14. The average Bonchev–Trinajstić information content (AvgIpc) is 3.18. The highest BCUT2D eigenvalue weighted by molar-refractivity contribution is 6.62. The number of anilines is 1. The number of nitrogens with zero attached hydrogens (tertiary/aromatic N) is 1. The van der Waals surface area contributed by atoms with Crippen LogP contribution in [0, 0.1) is 0 Å². The van der Waals surface area contributed by atoms with Crippen LogP contribution in [0.4, 0.5) is 18.9 Å². The highest BCUT2D eigenvalue weighted by Gasteiger charge is 2.51. The van der Waals surface area contributed by atoms with Crippen LogP contribution < -0.4 is 15.1 Å². The summed E-state index contributed by atoms with van der Waals surface area (Å²) in [4.78, 5) is 14.6. The van der Waals surface area contributed by atoms with Gasteiger partial charge in [0.1, 0.15) is 5.75 Å². The number of carbonyl (C=O) groups is 1. The predicted molar refractivity (Wildman–Crippen MR) is 115 cm³/mol. The summed E-state index contributed by atoms with van der Waals surface area (Å²) in [6.45, 7) is 8.50. The van der Waals surface area contributed by atoms with Gasteiger partial charge in [0.15, 0.2) is 0 Å². The zero-order valence-electron chi connectivity index (χ0n) is 18.5. The van der Waals surface area contributed by atoms with Gasteiger partial charge in [0.25, 0.3) is 0 Å². The van der Waals surface area contributed by atoms with Gasteiger partial charge in [-0.05, 0) is 68.9 Å². The van der Waals surface area contributed by atoms with E-state index in [1.165, 1.54) is 18.2 Å². The van der Waals surface area contributed by atoms with Gasteiger partial charge >= 0.3 is 13.5 Å². The Bertz CT molecular complexity index is 1020. The minimum absolute atomic E-state index is 0.0204. The van der Waals surface area contributed by atoms with E-state index in [1.54, 1.807) is 11.0 Å². The van der Waals surface area contributed by atoms with Gasteiger partial charge in [0.05, 0.1) is 17.6 Å². The Hall–Kier alpha value is -2.52. The second-order valence-corrected chi connectivity index (χ2v) is 9.14. The Morgan fingerprint density at radius 3 is 2.44 bits per heavy atom. The standard InChI is InChI=1S/C23H25BF3NO4/c1-21(2)22(3,4)32-24(31-21)17-8-9-19-16(14-17)10-11-28(19)20(29)13-15-6-5-7-18(12-15)30-23(25,26)27/h5-9,12,14H,10-11,13H2,1-4H3. The first-order valence-electron chi connectivity index (χ1n) is 10.5. The Morgan fingerprint density at radius 1 is 1.09 bits per heavy atom. The van der Waals surface area contributed by atoms with Gasteiger partial charge < -0.3 is 18.9 Å². The summed E-state index contributed by atoms with van der Waals surface area (Å²) in [5.41, 5.74) is 2.29. The second kappa shape index (κ2) is 7.81. The molecule has 0 spiro atoms. The third kappa shape index (κ3) is 4.50. The number of hydrogen-bond acceptors (Lipinski definition) is 4. The van der Waals surface area contributed by atoms with Crippen molar-refractivity contribution >= 4 is 24.2 Å². The molecule has 0 unspecified atom stereocenters. The molecule has 32 heavy (non-hydrogen) atoms. The number of benzene rings is 2. The van der Waals surface area contributed by atoms with E-state index in [4.69, 9.17) is 9.31 Å². The summed E-state index contributed by atoms with van der Waals surface area (Å²) in [5, 5.41) is 0. The van der Waals surface area contributed by atoms with Gasteiger partial charge in [0.2, 0.25) is 5.91 Å². The minimum Gasteiger partial charge on any atom is -0.406 e. The summed E-state index contributed by atoms with van der Waals surface area (Å²) in [7, 11) is -0.480. The van der Waals surface area contributed by atoms with E-state index in [-0.39, 0.29) is 18.1 Å². The number of carbonyl (C=O) groups excluding carboxylic acids is 1. The zero-order valence-corrected chi connectivity index (χ0v) is 18.5. The summed E-state index contributed by atoms with van der Waals surface area (Å²) in [6.07, 6.45) is -4.11. The number of hydrogen-bond donors (Lipinski definition) is 0. The van der Waals surface area contributed by atoms with E-state index in [0.29, 0.717) is 18.5 Å². The molecule has 0 bridgehead atoms. The van der Waals surface area contributed by atoms with Gasteiger partial charge in [-0.15, -0.1) is 13.2 Å². The van der Waals surface area contributed by atoms with Crippen molar-refractivity contribution in [3.8, 4) is 5.75 Å². The molecule has 4 rings (SSSR count). The predicted octanol–water partition coefficient (Wildman–Crippen LogP) is 4.02. The van der Waals surface area contributed by atoms with Crippen molar-refractivity contribution in [1.82, 2.24) is 0 Å². The van der Waals surface area contributed by atoms with E-state index < -0.39 is 24.7 Å². The maximum absolute atomic E-state index is 12.9. The number of rotatable bonds is 4. The molecule has 0 atom stereocenters. The summed E-state index contributed by atoms with van der Waals surface area (Å²) in [5.74, 6) is -0.520. The van der Waals surface area contributed by atoms with Crippen LogP contribution in [-0.4, -0.2) is 37.1 Å². The van der Waals surface area contributed by atoms with E-state index in [1.807, 2.05) is 45.9 Å². The van der Waals surface area contributed by atoms with E-state index in [9.17, 15) is 18.0 Å². The number of amides is 1. The van der Waals surface area contributed by atoms with Crippen LogP contribution >= 0.6 is 0 Å². The van der Waals surface area contributed by atoms with E-state index >= 15 is 0 Å². The van der Waals surface area contributed by atoms with Gasteiger partial charge in [-0.3, -0.25) is 4.79 Å². The third-order valence-corrected chi connectivity index (χ3v) is 6.31. The molecule has 9 heteroatoms. The van der Waals surface area contributed by atoms with Crippen LogP contribution in [0.2, 0.25) is 0 Å². The molecule has 0 saturated carbocycles. The maximum Gasteiger partial charge on any atom is 0.573 e. The number of halogens is 3. The quantitative estimate of drug-likeness (QED) is 0.665. The Kier molecular flexibility index (Phi) is 5.53. The van der Waals surface area contributed by atoms with Crippen LogP contribution in [-0.2, 0) is 26.9 Å². The lowest BCUT2D eigenvalue weighted by Gasteiger charge is -2.32. The molecule has 0 radical (unpaired) electrons. The molecular formula is C23H25BF3NO4. The van der Waals surface area contributed by atoms with Crippen molar-refractivity contribution in [1.29, 1.82) is 0 Å². The Morgan fingerprint density at radius 2 is 1.78 bits per heavy atom. The maximum atomic E-state index is 12.9. The summed E-state index contributed by atoms with van der Waals surface area (Å²) < 4.78 is 53.6. The largest absolute Gasteiger partial charge is 0.573 e. The number of ether oxygens (including phenoxy) is 1. The van der Waals surface area contributed by atoms with Crippen LogP contribution in [0.15, 0.2) is 42.5 Å². The molecule has 1 fully saturated rings. The molecule has 5 nitrogen and oxygen atoms in total. The molecule has 1 amide bonds. The molecule has 2 aliphatic rings. The van der Waals surface area contributed by atoms with Crippen LogP contribution in [0.25, 0.3) is 0 Å². The SMILES string of the molecule is CC1(C)OB(c2ccc3c(c2)CCN3C(=O)Cc2cccc(OC(F)(F)F)c2)OC1(C)C. The Balaban J connectivity index is 1.47. The first kappa shape index (κ1) is 22.7. The lowest BCUT2D eigenvalue weighted by Crippen LogP contribution is -2.41. The molecule has 170 valence electrons. The van der Waals surface area contributed by atoms with Gasteiger partial charge in [-0.2, -0.15) is 0 Å². The van der Waals surface area contributed by atoms with Crippen molar-refractivity contribution in [2.24, 2.45) is 0 Å². The molecule has 2 aromatic carbocycles. The third-order valence-electron chi connectivity index (χ3n) is 6.31. The van der Waals surface area contributed by atoms with Crippen LogP contribution in [0.5, 0.6) is 5.75 Å². The zero-order chi connectivity index (χ0) is 23.3. The van der Waals surface area contributed by atoms with Gasteiger partial charge in [-0.1, -0.05) is 24.3 Å². The molecule has 2 aromatic rings. The van der Waals surface area contributed by atoms with E-state index in [2.05, 4.69) is 4.74 Å². The molecule has 2 heterocycles. The fourth-order valence-electron chi connectivity index (χ4n) is 3.93. The van der Waals surface area contributed by atoms with Crippen molar-refractivity contribution < 1.29 is 32.0 Å². The lowest BCUT2D eigenvalue weighted by atomic mass is 9.78. The average molecular weight is 447 g/mol.